The first-order chi connectivity index (χ1) is 23.2. The lowest BCUT2D eigenvalue weighted by Gasteiger charge is -2.13. The maximum absolute atomic E-state index is 5.96. The van der Waals surface area contributed by atoms with Crippen LogP contribution < -0.4 is 5.73 Å². The van der Waals surface area contributed by atoms with Gasteiger partial charge in [0.25, 0.3) is 0 Å². The molecule has 1 heterocycles. The van der Waals surface area contributed by atoms with Gasteiger partial charge in [-0.2, -0.15) is 0 Å². The predicted octanol–water partition coefficient (Wildman–Crippen LogP) is 10.6. The van der Waals surface area contributed by atoms with Crippen molar-refractivity contribution in [1.82, 2.24) is 15.0 Å². The van der Waals surface area contributed by atoms with Gasteiger partial charge in [0.05, 0.1) is 0 Å². The number of nitrogen functional groups attached to an aromatic ring is 1. The van der Waals surface area contributed by atoms with E-state index in [0.29, 0.717) is 17.5 Å². The fourth-order valence-corrected chi connectivity index (χ4v) is 6.08. The fraction of sp³-hybridized carbons (Fsp3) is 0. The monoisotopic (exact) mass is 602 g/mol. The van der Waals surface area contributed by atoms with E-state index in [-0.39, 0.29) is 0 Å². The van der Waals surface area contributed by atoms with Crippen LogP contribution in [0.3, 0.4) is 0 Å². The van der Waals surface area contributed by atoms with Crippen LogP contribution >= 0.6 is 0 Å². The average molecular weight is 603 g/mol. The lowest BCUT2D eigenvalue weighted by molar-refractivity contribution is 1.07. The third-order valence-corrected chi connectivity index (χ3v) is 8.50. The van der Waals surface area contributed by atoms with E-state index >= 15 is 0 Å². The van der Waals surface area contributed by atoms with Gasteiger partial charge < -0.3 is 5.73 Å². The molecule has 0 unspecified atom stereocenters. The number of nitrogens with zero attached hydrogens (tertiary/aromatic N) is 3. The largest absolute Gasteiger partial charge is 0.399 e. The normalized spacial score (nSPS) is 11.1. The van der Waals surface area contributed by atoms with Crippen molar-refractivity contribution >= 4 is 16.5 Å². The SMILES string of the molecule is Nc1ccc(-c2ccc(-c3ccc(-c4cccc(-c5nc(-c6ccccc6)nc(-c6ccccc6)n5)c4)cc3)c3ccccc23)cc1. The van der Waals surface area contributed by atoms with Crippen LogP contribution in [0.1, 0.15) is 0 Å². The molecule has 0 aliphatic heterocycles. The number of benzene rings is 7. The molecule has 4 heteroatoms. The summed E-state index contributed by atoms with van der Waals surface area (Å²) < 4.78 is 0. The minimum absolute atomic E-state index is 0.642. The van der Waals surface area contributed by atoms with E-state index in [1.807, 2.05) is 72.8 Å². The second kappa shape index (κ2) is 12.2. The second-order valence-corrected chi connectivity index (χ2v) is 11.5. The summed E-state index contributed by atoms with van der Waals surface area (Å²) in [6.07, 6.45) is 0. The van der Waals surface area contributed by atoms with Gasteiger partial charge in [-0.3, -0.25) is 0 Å². The molecule has 0 saturated carbocycles. The molecule has 0 aliphatic carbocycles. The van der Waals surface area contributed by atoms with E-state index < -0.39 is 0 Å². The van der Waals surface area contributed by atoms with Gasteiger partial charge in [-0.05, 0) is 62.4 Å². The van der Waals surface area contributed by atoms with Gasteiger partial charge in [-0.15, -0.1) is 0 Å². The second-order valence-electron chi connectivity index (χ2n) is 11.5. The first kappa shape index (κ1) is 28.1. The molecule has 222 valence electrons. The van der Waals surface area contributed by atoms with Crippen molar-refractivity contribution in [2.75, 3.05) is 5.73 Å². The van der Waals surface area contributed by atoms with Crippen LogP contribution in [0.5, 0.6) is 0 Å². The highest BCUT2D eigenvalue weighted by molar-refractivity contribution is 6.05. The van der Waals surface area contributed by atoms with Crippen LogP contribution in [0, 0.1) is 0 Å². The third-order valence-electron chi connectivity index (χ3n) is 8.50. The van der Waals surface area contributed by atoms with Gasteiger partial charge in [0.15, 0.2) is 17.5 Å². The number of hydrogen-bond donors (Lipinski definition) is 1. The van der Waals surface area contributed by atoms with Crippen molar-refractivity contribution in [3.05, 3.63) is 170 Å². The lowest BCUT2D eigenvalue weighted by atomic mass is 9.91. The maximum Gasteiger partial charge on any atom is 0.164 e. The first-order valence-electron chi connectivity index (χ1n) is 15.7. The maximum atomic E-state index is 5.96. The molecule has 8 aromatic rings. The Morgan fingerprint density at radius 3 is 1.23 bits per heavy atom. The summed E-state index contributed by atoms with van der Waals surface area (Å²) in [7, 11) is 0. The molecule has 0 spiro atoms. The smallest absolute Gasteiger partial charge is 0.164 e. The lowest BCUT2D eigenvalue weighted by Crippen LogP contribution is -2.00. The van der Waals surface area contributed by atoms with E-state index in [1.165, 1.54) is 27.5 Å². The van der Waals surface area contributed by atoms with Crippen molar-refractivity contribution in [2.24, 2.45) is 0 Å². The van der Waals surface area contributed by atoms with Gasteiger partial charge in [0.2, 0.25) is 0 Å². The van der Waals surface area contributed by atoms with Crippen molar-refractivity contribution < 1.29 is 0 Å². The average Bonchev–Trinajstić information content (AvgIpc) is 3.15. The molecular formula is C43H30N4. The summed E-state index contributed by atoms with van der Waals surface area (Å²) in [4.78, 5) is 14.7. The van der Waals surface area contributed by atoms with Crippen LogP contribution in [-0.4, -0.2) is 15.0 Å². The Hall–Kier alpha value is -6.39. The summed E-state index contributed by atoms with van der Waals surface area (Å²) in [5, 5.41) is 2.43. The number of fused-ring (bicyclic) bond motifs is 1. The van der Waals surface area contributed by atoms with E-state index in [2.05, 4.69) is 97.1 Å². The Bertz CT molecular complexity index is 2270. The third kappa shape index (κ3) is 5.65. The van der Waals surface area contributed by atoms with Gasteiger partial charge in [-0.25, -0.2) is 15.0 Å². The minimum Gasteiger partial charge on any atom is -0.399 e. The molecule has 2 N–H and O–H groups in total. The summed E-state index contributed by atoms with van der Waals surface area (Å²) in [6.45, 7) is 0. The summed E-state index contributed by atoms with van der Waals surface area (Å²) in [5.41, 5.74) is 16.5. The van der Waals surface area contributed by atoms with E-state index in [0.717, 1.165) is 39.1 Å². The van der Waals surface area contributed by atoms with E-state index in [4.69, 9.17) is 20.7 Å². The Balaban J connectivity index is 1.15. The topological polar surface area (TPSA) is 64.7 Å². The number of nitrogens with two attached hydrogens (primary N) is 1. The van der Waals surface area contributed by atoms with E-state index in [1.54, 1.807) is 0 Å². The Morgan fingerprint density at radius 2 is 0.702 bits per heavy atom. The molecule has 0 saturated heterocycles. The molecule has 1 aromatic heterocycles. The molecule has 47 heavy (non-hydrogen) atoms. The number of hydrogen-bond acceptors (Lipinski definition) is 4. The Labute approximate surface area is 273 Å². The van der Waals surface area contributed by atoms with Gasteiger partial charge in [0.1, 0.15) is 0 Å². The standard InChI is InChI=1S/C43H30N4/c44-36-24-22-31(23-25-36)38-27-26-37(39-16-7-8-17-40(38)39)30-20-18-29(19-21-30)34-14-9-15-35(28-34)43-46-41(32-10-3-1-4-11-32)45-42(47-43)33-12-5-2-6-13-33/h1-28H,44H2. The quantitative estimate of drug-likeness (QED) is 0.192. The zero-order valence-corrected chi connectivity index (χ0v) is 25.6. The van der Waals surface area contributed by atoms with Gasteiger partial charge >= 0.3 is 0 Å². The van der Waals surface area contributed by atoms with Gasteiger partial charge in [-0.1, -0.05) is 152 Å². The number of rotatable bonds is 6. The first-order valence-corrected chi connectivity index (χ1v) is 15.7. The van der Waals surface area contributed by atoms with E-state index in [9.17, 15) is 0 Å². The minimum atomic E-state index is 0.642. The zero-order valence-electron chi connectivity index (χ0n) is 25.6. The molecule has 0 amide bonds. The predicted molar refractivity (Wildman–Crippen MR) is 194 cm³/mol. The zero-order chi connectivity index (χ0) is 31.6. The molecule has 0 fully saturated rings. The molecular weight excluding hydrogens is 573 g/mol. The van der Waals surface area contributed by atoms with Crippen LogP contribution in [0.25, 0.3) is 78.3 Å². The molecule has 7 aromatic carbocycles. The van der Waals surface area contributed by atoms with Crippen molar-refractivity contribution in [3.8, 4) is 67.5 Å². The van der Waals surface area contributed by atoms with Crippen LogP contribution in [-0.2, 0) is 0 Å². The molecule has 0 bridgehead atoms. The molecule has 0 aliphatic rings. The fourth-order valence-electron chi connectivity index (χ4n) is 6.08. The highest BCUT2D eigenvalue weighted by Crippen LogP contribution is 2.37. The molecule has 4 nitrogen and oxygen atoms in total. The Kier molecular flexibility index (Phi) is 7.29. The molecule has 0 radical (unpaired) electrons. The highest BCUT2D eigenvalue weighted by atomic mass is 15.0. The van der Waals surface area contributed by atoms with Crippen molar-refractivity contribution in [3.63, 3.8) is 0 Å². The summed E-state index contributed by atoms with van der Waals surface area (Å²) >= 11 is 0. The molecule has 8 rings (SSSR count). The van der Waals surface area contributed by atoms with Crippen molar-refractivity contribution in [1.29, 1.82) is 0 Å². The van der Waals surface area contributed by atoms with Crippen molar-refractivity contribution in [2.45, 2.75) is 0 Å². The number of anilines is 1. The Morgan fingerprint density at radius 1 is 0.298 bits per heavy atom. The highest BCUT2D eigenvalue weighted by Gasteiger charge is 2.14. The summed E-state index contributed by atoms with van der Waals surface area (Å²) in [5.74, 6) is 1.95. The number of aromatic nitrogens is 3. The van der Waals surface area contributed by atoms with Crippen LogP contribution in [0.2, 0.25) is 0 Å². The van der Waals surface area contributed by atoms with Gasteiger partial charge in [0, 0.05) is 22.4 Å². The van der Waals surface area contributed by atoms with Crippen LogP contribution in [0.15, 0.2) is 170 Å². The molecule has 0 atom stereocenters. The van der Waals surface area contributed by atoms with Crippen LogP contribution in [0.4, 0.5) is 5.69 Å². The summed E-state index contributed by atoms with van der Waals surface area (Å²) in [6, 6.07) is 58.4.